The fraction of sp³-hybridized carbons (Fsp3) is 0.219. The number of rotatable bonds is 10. The summed E-state index contributed by atoms with van der Waals surface area (Å²) >= 11 is 1.34. The van der Waals surface area contributed by atoms with E-state index in [-0.39, 0.29) is 54.9 Å². The van der Waals surface area contributed by atoms with Crippen LogP contribution in [0.1, 0.15) is 60.2 Å². The van der Waals surface area contributed by atoms with Crippen molar-refractivity contribution in [3.05, 3.63) is 99.0 Å². The van der Waals surface area contributed by atoms with Gasteiger partial charge in [-0.1, -0.05) is 42.5 Å². The fourth-order valence-electron chi connectivity index (χ4n) is 5.02. The monoisotopic (exact) mass is 611 g/mol. The molecule has 11 nitrogen and oxygen atoms in total. The SMILES string of the molecule is CN(C(=O)c1ccc(C(=O)NCc2nc(CNC(=O)Cc3cccc4ccccc34)cs2)cc1C=O)C1CCC(=O)NC1=O. The average molecular weight is 612 g/mol. The molecule has 44 heavy (non-hydrogen) atoms. The topological polar surface area (TPSA) is 155 Å². The van der Waals surface area contributed by atoms with Crippen molar-refractivity contribution in [1.82, 2.24) is 25.8 Å². The number of amides is 5. The maximum atomic E-state index is 13.1. The number of thiazole rings is 1. The molecule has 1 saturated heterocycles. The van der Waals surface area contributed by atoms with Crippen molar-refractivity contribution in [3.63, 3.8) is 0 Å². The third-order valence-corrected chi connectivity index (χ3v) is 8.26. The van der Waals surface area contributed by atoms with Crippen LogP contribution in [0.3, 0.4) is 0 Å². The van der Waals surface area contributed by atoms with Gasteiger partial charge in [0.2, 0.25) is 17.7 Å². The second-order valence-electron chi connectivity index (χ2n) is 10.3. The molecular weight excluding hydrogens is 582 g/mol. The Morgan fingerprint density at radius 2 is 1.84 bits per heavy atom. The summed E-state index contributed by atoms with van der Waals surface area (Å²) < 4.78 is 0. The normalized spacial score (nSPS) is 14.5. The fourth-order valence-corrected chi connectivity index (χ4v) is 5.75. The van der Waals surface area contributed by atoms with Gasteiger partial charge >= 0.3 is 0 Å². The van der Waals surface area contributed by atoms with E-state index in [9.17, 15) is 28.8 Å². The number of carbonyl (C=O) groups excluding carboxylic acids is 6. The van der Waals surface area contributed by atoms with Crippen molar-refractivity contribution in [1.29, 1.82) is 0 Å². The molecule has 0 bridgehead atoms. The highest BCUT2D eigenvalue weighted by atomic mass is 32.1. The van der Waals surface area contributed by atoms with E-state index in [2.05, 4.69) is 20.9 Å². The lowest BCUT2D eigenvalue weighted by atomic mass is 10.0. The Morgan fingerprint density at radius 1 is 1.05 bits per heavy atom. The molecule has 1 atom stereocenters. The Bertz CT molecular complexity index is 1780. The predicted octanol–water partition coefficient (Wildman–Crippen LogP) is 2.77. The highest BCUT2D eigenvalue weighted by molar-refractivity contribution is 7.09. The molecule has 2 heterocycles. The Labute approximate surface area is 256 Å². The zero-order chi connectivity index (χ0) is 31.2. The van der Waals surface area contributed by atoms with Gasteiger partial charge in [-0.15, -0.1) is 11.3 Å². The maximum Gasteiger partial charge on any atom is 0.255 e. The first kappa shape index (κ1) is 30.2. The van der Waals surface area contributed by atoms with E-state index in [1.54, 1.807) is 0 Å². The number of piperidine rings is 1. The molecule has 1 aliphatic rings. The van der Waals surface area contributed by atoms with Gasteiger partial charge in [-0.25, -0.2) is 4.98 Å². The van der Waals surface area contributed by atoms with Gasteiger partial charge < -0.3 is 15.5 Å². The highest BCUT2D eigenvalue weighted by Crippen LogP contribution is 2.20. The summed E-state index contributed by atoms with van der Waals surface area (Å²) in [6.07, 6.45) is 1.01. The summed E-state index contributed by atoms with van der Waals surface area (Å²) in [4.78, 5) is 79.6. The summed E-state index contributed by atoms with van der Waals surface area (Å²) in [5.41, 5.74) is 1.81. The Kier molecular flexibility index (Phi) is 9.20. The lowest BCUT2D eigenvalue weighted by Gasteiger charge is -2.30. The number of hydrogen-bond acceptors (Lipinski definition) is 8. The molecule has 0 spiro atoms. The zero-order valence-corrected chi connectivity index (χ0v) is 24.6. The number of aromatic nitrogens is 1. The number of aldehydes is 1. The third-order valence-electron chi connectivity index (χ3n) is 7.37. The molecular formula is C32H29N5O6S. The van der Waals surface area contributed by atoms with Crippen LogP contribution in [0.15, 0.2) is 66.0 Å². The van der Waals surface area contributed by atoms with Gasteiger partial charge in [0, 0.05) is 30.0 Å². The summed E-state index contributed by atoms with van der Waals surface area (Å²) in [5.74, 6) is -2.14. The van der Waals surface area contributed by atoms with Crippen LogP contribution >= 0.6 is 11.3 Å². The van der Waals surface area contributed by atoms with Gasteiger partial charge in [0.25, 0.3) is 11.8 Å². The molecule has 0 radical (unpaired) electrons. The summed E-state index contributed by atoms with van der Waals surface area (Å²) in [6, 6.07) is 17.1. The number of carbonyl (C=O) groups is 6. The van der Waals surface area contributed by atoms with Crippen molar-refractivity contribution in [2.75, 3.05) is 7.05 Å². The van der Waals surface area contributed by atoms with Crippen molar-refractivity contribution >= 4 is 57.9 Å². The van der Waals surface area contributed by atoms with E-state index in [0.29, 0.717) is 17.0 Å². The van der Waals surface area contributed by atoms with Crippen LogP contribution in [0.25, 0.3) is 10.8 Å². The lowest BCUT2D eigenvalue weighted by molar-refractivity contribution is -0.136. The molecule has 0 saturated carbocycles. The van der Waals surface area contributed by atoms with E-state index >= 15 is 0 Å². The Balaban J connectivity index is 1.14. The minimum absolute atomic E-state index is 0.00225. The number of likely N-dealkylation sites (N-methyl/N-ethyl adjacent to an activating group) is 1. The molecule has 1 unspecified atom stereocenters. The quantitative estimate of drug-likeness (QED) is 0.184. The van der Waals surface area contributed by atoms with Gasteiger partial charge in [-0.05, 0) is 41.0 Å². The number of imide groups is 1. The van der Waals surface area contributed by atoms with Gasteiger partial charge in [-0.2, -0.15) is 0 Å². The molecule has 5 rings (SSSR count). The number of hydrogen-bond donors (Lipinski definition) is 3. The lowest BCUT2D eigenvalue weighted by Crippen LogP contribution is -2.53. The standard InChI is InChI=1S/C32H29N5O6S/c1-37(26-11-12-27(39)36-31(26)42)32(43)25-10-9-21(13-22(25)17-38)30(41)34-16-29-35-23(18-44-29)15-33-28(40)14-20-7-4-6-19-5-2-3-8-24(19)20/h2-10,13,17-18,26H,11-12,14-16H2,1H3,(H,33,40)(H,34,41)(H,36,39,42). The van der Waals surface area contributed by atoms with E-state index in [1.165, 1.54) is 41.5 Å². The van der Waals surface area contributed by atoms with Gasteiger partial charge in [0.15, 0.2) is 6.29 Å². The first-order valence-electron chi connectivity index (χ1n) is 13.9. The first-order valence-corrected chi connectivity index (χ1v) is 14.8. The van der Waals surface area contributed by atoms with Gasteiger partial charge in [0.1, 0.15) is 11.0 Å². The summed E-state index contributed by atoms with van der Waals surface area (Å²) in [5, 5.41) is 12.4. The second kappa shape index (κ2) is 13.4. The maximum absolute atomic E-state index is 13.1. The van der Waals surface area contributed by atoms with Crippen molar-refractivity contribution in [3.8, 4) is 0 Å². The smallest absolute Gasteiger partial charge is 0.255 e. The molecule has 12 heteroatoms. The number of nitrogens with zero attached hydrogens (tertiary/aromatic N) is 2. The van der Waals surface area contributed by atoms with Crippen molar-refractivity contribution in [2.24, 2.45) is 0 Å². The average Bonchev–Trinajstić information content (AvgIpc) is 3.49. The molecule has 5 amide bonds. The van der Waals surface area contributed by atoms with Crippen LogP contribution in [0.2, 0.25) is 0 Å². The van der Waals surface area contributed by atoms with Crippen LogP contribution in [0.4, 0.5) is 0 Å². The molecule has 3 aromatic carbocycles. The number of nitrogens with one attached hydrogen (secondary N) is 3. The van der Waals surface area contributed by atoms with E-state index < -0.39 is 29.7 Å². The highest BCUT2D eigenvalue weighted by Gasteiger charge is 2.33. The van der Waals surface area contributed by atoms with Crippen LogP contribution in [0.5, 0.6) is 0 Å². The van der Waals surface area contributed by atoms with Crippen LogP contribution in [0, 0.1) is 0 Å². The molecule has 3 N–H and O–H groups in total. The van der Waals surface area contributed by atoms with Crippen LogP contribution in [-0.4, -0.2) is 58.8 Å². The van der Waals surface area contributed by atoms with Crippen LogP contribution in [-0.2, 0) is 33.9 Å². The minimum Gasteiger partial charge on any atom is -0.350 e. The molecule has 1 fully saturated rings. The molecule has 4 aromatic rings. The Morgan fingerprint density at radius 3 is 2.64 bits per heavy atom. The number of benzene rings is 3. The number of fused-ring (bicyclic) bond motifs is 1. The van der Waals surface area contributed by atoms with Gasteiger partial charge in [-0.3, -0.25) is 34.1 Å². The van der Waals surface area contributed by atoms with Crippen molar-refractivity contribution < 1.29 is 28.8 Å². The van der Waals surface area contributed by atoms with E-state index in [4.69, 9.17) is 0 Å². The molecule has 1 aromatic heterocycles. The van der Waals surface area contributed by atoms with E-state index in [0.717, 1.165) is 16.3 Å². The first-order chi connectivity index (χ1) is 21.2. The predicted molar refractivity (Wildman–Crippen MR) is 163 cm³/mol. The molecule has 224 valence electrons. The summed E-state index contributed by atoms with van der Waals surface area (Å²) in [7, 11) is 1.43. The molecule has 0 aliphatic carbocycles. The Hall–Kier alpha value is -5.23. The minimum atomic E-state index is -0.844. The third kappa shape index (κ3) is 6.87. The summed E-state index contributed by atoms with van der Waals surface area (Å²) in [6.45, 7) is 0.377. The zero-order valence-electron chi connectivity index (χ0n) is 23.8. The molecule has 1 aliphatic heterocycles. The largest absolute Gasteiger partial charge is 0.350 e. The van der Waals surface area contributed by atoms with Crippen LogP contribution < -0.4 is 16.0 Å². The van der Waals surface area contributed by atoms with Gasteiger partial charge in [0.05, 0.1) is 30.8 Å². The second-order valence-corrected chi connectivity index (χ2v) is 11.3. The van der Waals surface area contributed by atoms with Crippen molar-refractivity contribution in [2.45, 2.75) is 38.4 Å². The van der Waals surface area contributed by atoms with E-state index in [1.807, 2.05) is 47.8 Å².